The third-order valence-electron chi connectivity index (χ3n) is 5.23. The molecule has 1 saturated carbocycles. The fourth-order valence-corrected chi connectivity index (χ4v) is 4.81. The van der Waals surface area contributed by atoms with Crippen molar-refractivity contribution in [1.29, 1.82) is 0 Å². The topological polar surface area (TPSA) is 157 Å². The van der Waals surface area contributed by atoms with Crippen molar-refractivity contribution in [3.63, 3.8) is 0 Å². The number of hydrogen-bond acceptors (Lipinski definition) is 9. The smallest absolute Gasteiger partial charge is 0.339 e. The van der Waals surface area contributed by atoms with Gasteiger partial charge in [-0.15, -0.1) is 10.2 Å². The van der Waals surface area contributed by atoms with E-state index in [0.717, 1.165) is 24.0 Å². The molecular weight excluding hydrogens is 441 g/mol. The molecule has 0 spiro atoms. The van der Waals surface area contributed by atoms with Gasteiger partial charge in [0.15, 0.2) is 0 Å². The molecule has 12 heteroatoms. The second-order valence-electron chi connectivity index (χ2n) is 7.96. The number of nitrogens with two attached hydrogens (primary N) is 1. The minimum atomic E-state index is -4.62. The van der Waals surface area contributed by atoms with Gasteiger partial charge in [0.1, 0.15) is 10.0 Å². The molecule has 2 heterocycles. The van der Waals surface area contributed by atoms with Crippen LogP contribution in [-0.4, -0.2) is 36.7 Å². The molecule has 1 fully saturated rings. The SMILES string of the molecule is C[C@](N)(COP(=O)(O)O)c1nnc(-c2ccc(-c3noc(C4CCCCC4)n3)cc2)s1. The monoisotopic (exact) mass is 465 g/mol. The van der Waals surface area contributed by atoms with Gasteiger partial charge in [-0.05, 0) is 19.8 Å². The molecule has 166 valence electrons. The van der Waals surface area contributed by atoms with Gasteiger partial charge in [-0.3, -0.25) is 4.52 Å². The molecule has 2 aromatic heterocycles. The summed E-state index contributed by atoms with van der Waals surface area (Å²) < 4.78 is 21.0. The van der Waals surface area contributed by atoms with Gasteiger partial charge >= 0.3 is 7.82 Å². The minimum Gasteiger partial charge on any atom is -0.339 e. The molecule has 10 nitrogen and oxygen atoms in total. The van der Waals surface area contributed by atoms with E-state index in [-0.39, 0.29) is 6.61 Å². The van der Waals surface area contributed by atoms with E-state index < -0.39 is 13.4 Å². The quantitative estimate of drug-likeness (QED) is 0.440. The highest BCUT2D eigenvalue weighted by Gasteiger charge is 2.30. The highest BCUT2D eigenvalue weighted by Crippen LogP contribution is 2.39. The largest absolute Gasteiger partial charge is 0.469 e. The molecular formula is C19H24N5O5PS. The van der Waals surface area contributed by atoms with Crippen LogP contribution < -0.4 is 5.73 Å². The Kier molecular flexibility index (Phi) is 6.34. The summed E-state index contributed by atoms with van der Waals surface area (Å²) in [5, 5.41) is 13.4. The van der Waals surface area contributed by atoms with Crippen LogP contribution in [0.15, 0.2) is 28.8 Å². The molecule has 1 aliphatic carbocycles. The minimum absolute atomic E-state index is 0.356. The van der Waals surface area contributed by atoms with Gasteiger partial charge in [-0.25, -0.2) is 4.57 Å². The molecule has 0 bridgehead atoms. The summed E-state index contributed by atoms with van der Waals surface area (Å²) in [6, 6.07) is 7.56. The molecule has 1 aliphatic rings. The van der Waals surface area contributed by atoms with Crippen molar-refractivity contribution >= 4 is 19.2 Å². The molecule has 0 saturated heterocycles. The van der Waals surface area contributed by atoms with Crippen LogP contribution in [0.25, 0.3) is 22.0 Å². The van der Waals surface area contributed by atoms with Crippen molar-refractivity contribution in [2.45, 2.75) is 50.5 Å². The van der Waals surface area contributed by atoms with E-state index in [1.54, 1.807) is 6.92 Å². The number of phosphoric acid groups is 1. The first-order valence-electron chi connectivity index (χ1n) is 9.99. The predicted octanol–water partition coefficient (Wildman–Crippen LogP) is 3.59. The summed E-state index contributed by atoms with van der Waals surface area (Å²) in [5.41, 5.74) is 6.60. The first-order chi connectivity index (χ1) is 14.7. The molecule has 0 amide bonds. The van der Waals surface area contributed by atoms with Crippen molar-refractivity contribution in [3.8, 4) is 22.0 Å². The Balaban J connectivity index is 1.46. The fourth-order valence-electron chi connectivity index (χ4n) is 3.48. The third-order valence-corrected chi connectivity index (χ3v) is 6.95. The Bertz CT molecular complexity index is 1070. The van der Waals surface area contributed by atoms with Crippen molar-refractivity contribution in [3.05, 3.63) is 35.2 Å². The van der Waals surface area contributed by atoms with Crippen molar-refractivity contribution in [1.82, 2.24) is 20.3 Å². The molecule has 4 rings (SSSR count). The highest BCUT2D eigenvalue weighted by atomic mass is 32.1. The molecule has 1 atom stereocenters. The van der Waals surface area contributed by atoms with E-state index in [2.05, 4.69) is 24.9 Å². The van der Waals surface area contributed by atoms with Crippen molar-refractivity contribution in [2.75, 3.05) is 6.61 Å². The van der Waals surface area contributed by atoms with Crippen LogP contribution in [0.3, 0.4) is 0 Å². The van der Waals surface area contributed by atoms with Gasteiger partial charge in [0.25, 0.3) is 0 Å². The highest BCUT2D eigenvalue weighted by molar-refractivity contribution is 7.46. The van der Waals surface area contributed by atoms with E-state index in [1.165, 1.54) is 30.6 Å². The van der Waals surface area contributed by atoms with Crippen LogP contribution in [0.2, 0.25) is 0 Å². The molecule has 1 aromatic carbocycles. The third kappa shape index (κ3) is 5.43. The van der Waals surface area contributed by atoms with E-state index in [4.69, 9.17) is 20.0 Å². The standard InChI is InChI=1S/C19H24N5O5PS/c1-19(20,11-28-30(25,26)27)18-23-22-17(31-18)14-9-7-12(8-10-14)15-21-16(29-24-15)13-5-3-2-4-6-13/h7-10,13H,2-6,11,20H2,1H3,(H2,25,26,27)/t19-/m0/s1. The average molecular weight is 465 g/mol. The second kappa shape index (κ2) is 8.85. The van der Waals surface area contributed by atoms with Gasteiger partial charge in [-0.2, -0.15) is 4.98 Å². The number of aromatic nitrogens is 4. The Hall–Kier alpha value is -2.01. The lowest BCUT2D eigenvalue weighted by Crippen LogP contribution is -2.37. The number of nitrogens with zero attached hydrogens (tertiary/aromatic N) is 4. The normalized spacial score (nSPS) is 17.5. The lowest BCUT2D eigenvalue weighted by Gasteiger charge is -2.20. The summed E-state index contributed by atoms with van der Waals surface area (Å²) in [7, 11) is -4.62. The van der Waals surface area contributed by atoms with Crippen molar-refractivity contribution in [2.24, 2.45) is 5.73 Å². The molecule has 0 aliphatic heterocycles. The lowest BCUT2D eigenvalue weighted by atomic mass is 9.89. The van der Waals surface area contributed by atoms with Crippen LogP contribution in [0.4, 0.5) is 0 Å². The summed E-state index contributed by atoms with van der Waals surface area (Å²) in [6.07, 6.45) is 5.87. The van der Waals surface area contributed by atoms with Gasteiger partial charge in [0, 0.05) is 17.0 Å². The maximum absolute atomic E-state index is 10.9. The van der Waals surface area contributed by atoms with Crippen LogP contribution in [0.1, 0.15) is 55.8 Å². The number of benzene rings is 1. The Morgan fingerprint density at radius 1 is 1.19 bits per heavy atom. The zero-order chi connectivity index (χ0) is 22.1. The lowest BCUT2D eigenvalue weighted by molar-refractivity contribution is 0.158. The maximum Gasteiger partial charge on any atom is 0.469 e. The van der Waals surface area contributed by atoms with E-state index in [0.29, 0.717) is 27.6 Å². The zero-order valence-corrected chi connectivity index (χ0v) is 18.7. The molecule has 0 unspecified atom stereocenters. The fraction of sp³-hybridized carbons (Fsp3) is 0.474. The van der Waals surface area contributed by atoms with E-state index in [1.807, 2.05) is 24.3 Å². The predicted molar refractivity (Wildman–Crippen MR) is 114 cm³/mol. The van der Waals surface area contributed by atoms with E-state index in [9.17, 15) is 4.57 Å². The Morgan fingerprint density at radius 2 is 1.87 bits per heavy atom. The first-order valence-corrected chi connectivity index (χ1v) is 12.3. The van der Waals surface area contributed by atoms with Crippen LogP contribution >= 0.6 is 19.2 Å². The number of rotatable bonds is 7. The van der Waals surface area contributed by atoms with Gasteiger partial charge in [0.05, 0.1) is 12.1 Å². The van der Waals surface area contributed by atoms with Crippen LogP contribution in [0, 0.1) is 0 Å². The average Bonchev–Trinajstić information content (AvgIpc) is 3.43. The van der Waals surface area contributed by atoms with E-state index >= 15 is 0 Å². The molecule has 4 N–H and O–H groups in total. The molecule has 0 radical (unpaired) electrons. The maximum atomic E-state index is 10.9. The number of phosphoric ester groups is 1. The molecule has 31 heavy (non-hydrogen) atoms. The van der Waals surface area contributed by atoms with Gasteiger partial charge < -0.3 is 20.0 Å². The van der Waals surface area contributed by atoms with Crippen LogP contribution in [-0.2, 0) is 14.6 Å². The summed E-state index contributed by atoms with van der Waals surface area (Å²) in [6.45, 7) is 1.20. The van der Waals surface area contributed by atoms with Gasteiger partial charge in [-0.1, -0.05) is 60.0 Å². The second-order valence-corrected chi connectivity index (χ2v) is 10.2. The van der Waals surface area contributed by atoms with Crippen molar-refractivity contribution < 1.29 is 23.4 Å². The van der Waals surface area contributed by atoms with Crippen LogP contribution in [0.5, 0.6) is 0 Å². The van der Waals surface area contributed by atoms with Gasteiger partial charge in [0.2, 0.25) is 11.7 Å². The summed E-state index contributed by atoms with van der Waals surface area (Å²) >= 11 is 1.24. The summed E-state index contributed by atoms with van der Waals surface area (Å²) in [4.78, 5) is 22.4. The summed E-state index contributed by atoms with van der Waals surface area (Å²) in [5.74, 6) is 1.63. The Morgan fingerprint density at radius 3 is 2.55 bits per heavy atom. The zero-order valence-electron chi connectivity index (χ0n) is 17.0. The number of hydrogen-bond donors (Lipinski definition) is 3. The first kappa shape index (κ1) is 22.2. The Labute approximate surface area is 183 Å². The molecule has 3 aromatic rings.